The highest BCUT2D eigenvalue weighted by atomic mass is 16.5. The van der Waals surface area contributed by atoms with Crippen molar-refractivity contribution >= 4 is 6.09 Å². The topological polar surface area (TPSA) is 67.8 Å². The minimum absolute atomic E-state index is 0.147. The molecule has 3 rings (SSSR count). The Balaban J connectivity index is 1.72. The highest BCUT2D eigenvalue weighted by Crippen LogP contribution is 2.33. The molecule has 3 aromatic rings. The van der Waals surface area contributed by atoms with Crippen LogP contribution in [0.4, 0.5) is 4.79 Å². The third kappa shape index (κ3) is 5.04. The summed E-state index contributed by atoms with van der Waals surface area (Å²) in [5.41, 5.74) is 2.56. The third-order valence-electron chi connectivity index (χ3n) is 4.48. The van der Waals surface area contributed by atoms with Gasteiger partial charge in [-0.2, -0.15) is 0 Å². The number of alkyl carbamates (subject to hydrolysis) is 1. The lowest BCUT2D eigenvalue weighted by molar-refractivity contribution is 0.139. The molecule has 0 aliphatic heterocycles. The van der Waals surface area contributed by atoms with Crippen molar-refractivity contribution in [3.05, 3.63) is 95.6 Å². The average Bonchev–Trinajstić information content (AvgIpc) is 2.75. The molecular weight excluding hydrogens is 354 g/mol. The summed E-state index contributed by atoms with van der Waals surface area (Å²) in [4.78, 5) is 12.2. The van der Waals surface area contributed by atoms with Crippen LogP contribution >= 0.6 is 0 Å². The van der Waals surface area contributed by atoms with Crippen molar-refractivity contribution in [1.29, 1.82) is 0 Å². The Hall–Kier alpha value is -3.47. The van der Waals surface area contributed by atoms with Gasteiger partial charge in [-0.25, -0.2) is 4.79 Å². The van der Waals surface area contributed by atoms with Crippen LogP contribution < -0.4 is 10.1 Å². The fraction of sp³-hybridized carbons (Fsp3) is 0.174. The number of ether oxygens (including phenoxy) is 2. The van der Waals surface area contributed by atoms with Crippen LogP contribution in [0.2, 0.25) is 0 Å². The lowest BCUT2D eigenvalue weighted by Gasteiger charge is -2.20. The number of phenols is 1. The molecule has 0 aliphatic carbocycles. The number of rotatable bonds is 7. The van der Waals surface area contributed by atoms with E-state index in [4.69, 9.17) is 9.47 Å². The van der Waals surface area contributed by atoms with Crippen LogP contribution in [-0.2, 0) is 11.3 Å². The number of amides is 1. The summed E-state index contributed by atoms with van der Waals surface area (Å²) in [5, 5.41) is 13.2. The maximum absolute atomic E-state index is 12.2. The molecule has 0 bridgehead atoms. The normalized spacial score (nSPS) is 11.5. The SMILES string of the molecule is COc1ccc(O)c([C@@H](CNC(=O)OCc2ccccc2)c2ccccc2)c1. The van der Waals surface area contributed by atoms with Crippen LogP contribution in [0.3, 0.4) is 0 Å². The first-order valence-corrected chi connectivity index (χ1v) is 9.04. The maximum atomic E-state index is 12.2. The molecule has 5 heteroatoms. The molecule has 3 aromatic carbocycles. The Morgan fingerprint density at radius 3 is 2.36 bits per heavy atom. The molecule has 0 aliphatic rings. The zero-order chi connectivity index (χ0) is 19.8. The van der Waals surface area contributed by atoms with Gasteiger partial charge in [0.05, 0.1) is 7.11 Å². The molecule has 2 N–H and O–H groups in total. The van der Waals surface area contributed by atoms with Gasteiger partial charge in [0.1, 0.15) is 18.1 Å². The number of benzene rings is 3. The van der Waals surface area contributed by atoms with Crippen LogP contribution in [-0.4, -0.2) is 24.9 Å². The van der Waals surface area contributed by atoms with Gasteiger partial charge in [0.2, 0.25) is 0 Å². The zero-order valence-electron chi connectivity index (χ0n) is 15.7. The number of aromatic hydroxyl groups is 1. The molecule has 1 amide bonds. The number of nitrogens with one attached hydrogen (secondary N) is 1. The second kappa shape index (κ2) is 9.46. The predicted octanol–water partition coefficient (Wildman–Crippen LogP) is 4.46. The summed E-state index contributed by atoms with van der Waals surface area (Å²) in [7, 11) is 1.58. The molecule has 0 aromatic heterocycles. The van der Waals surface area contributed by atoms with Crippen molar-refractivity contribution in [2.45, 2.75) is 12.5 Å². The van der Waals surface area contributed by atoms with Gasteiger partial charge in [0.25, 0.3) is 0 Å². The van der Waals surface area contributed by atoms with Gasteiger partial charge in [0, 0.05) is 18.0 Å². The summed E-state index contributed by atoms with van der Waals surface area (Å²) < 4.78 is 10.6. The van der Waals surface area contributed by atoms with Gasteiger partial charge >= 0.3 is 6.09 Å². The highest BCUT2D eigenvalue weighted by Gasteiger charge is 2.20. The summed E-state index contributed by atoms with van der Waals surface area (Å²) in [6, 6.07) is 24.3. The van der Waals surface area contributed by atoms with Crippen molar-refractivity contribution < 1.29 is 19.4 Å². The lowest BCUT2D eigenvalue weighted by Crippen LogP contribution is -2.29. The number of carbonyl (C=O) groups excluding carboxylic acids is 1. The van der Waals surface area contributed by atoms with Crippen molar-refractivity contribution in [2.24, 2.45) is 0 Å². The molecule has 144 valence electrons. The van der Waals surface area contributed by atoms with E-state index in [1.54, 1.807) is 25.3 Å². The Morgan fingerprint density at radius 2 is 1.68 bits per heavy atom. The first-order chi connectivity index (χ1) is 13.7. The standard InChI is InChI=1S/C23H23NO4/c1-27-19-12-13-22(25)20(14-19)21(18-10-6-3-7-11-18)15-24-23(26)28-16-17-8-4-2-5-9-17/h2-14,21,25H,15-16H2,1H3,(H,24,26)/t21-/m0/s1. The van der Waals surface area contributed by atoms with E-state index < -0.39 is 6.09 Å². The summed E-state index contributed by atoms with van der Waals surface area (Å²) >= 11 is 0. The minimum atomic E-state index is -0.507. The van der Waals surface area contributed by atoms with E-state index in [-0.39, 0.29) is 24.8 Å². The number of hydrogen-bond donors (Lipinski definition) is 2. The van der Waals surface area contributed by atoms with E-state index in [2.05, 4.69) is 5.32 Å². The molecule has 0 unspecified atom stereocenters. The molecule has 0 fully saturated rings. The molecule has 1 atom stereocenters. The van der Waals surface area contributed by atoms with Crippen LogP contribution in [0, 0.1) is 0 Å². The quantitative estimate of drug-likeness (QED) is 0.638. The van der Waals surface area contributed by atoms with E-state index >= 15 is 0 Å². The Labute approximate surface area is 164 Å². The third-order valence-corrected chi connectivity index (χ3v) is 4.48. The monoisotopic (exact) mass is 377 g/mol. The fourth-order valence-electron chi connectivity index (χ4n) is 2.99. The first-order valence-electron chi connectivity index (χ1n) is 9.04. The molecule has 0 radical (unpaired) electrons. The zero-order valence-corrected chi connectivity index (χ0v) is 15.7. The predicted molar refractivity (Wildman–Crippen MR) is 108 cm³/mol. The number of methoxy groups -OCH3 is 1. The van der Waals surface area contributed by atoms with Crippen molar-refractivity contribution in [1.82, 2.24) is 5.32 Å². The van der Waals surface area contributed by atoms with Crippen LogP contribution in [0.15, 0.2) is 78.9 Å². The summed E-state index contributed by atoms with van der Waals surface area (Å²) in [6.45, 7) is 0.478. The van der Waals surface area contributed by atoms with Gasteiger partial charge < -0.3 is 19.9 Å². The minimum Gasteiger partial charge on any atom is -0.508 e. The smallest absolute Gasteiger partial charge is 0.407 e. The van der Waals surface area contributed by atoms with Crippen LogP contribution in [0.1, 0.15) is 22.6 Å². The van der Waals surface area contributed by atoms with E-state index in [0.29, 0.717) is 11.3 Å². The van der Waals surface area contributed by atoms with Crippen molar-refractivity contribution in [2.75, 3.05) is 13.7 Å². The Morgan fingerprint density at radius 1 is 1.00 bits per heavy atom. The number of phenolic OH excluding ortho intramolecular Hbond substituents is 1. The highest BCUT2D eigenvalue weighted by molar-refractivity contribution is 5.67. The lowest BCUT2D eigenvalue weighted by atomic mass is 9.90. The van der Waals surface area contributed by atoms with Crippen LogP contribution in [0.25, 0.3) is 0 Å². The summed E-state index contributed by atoms with van der Waals surface area (Å²) in [6.07, 6.45) is -0.507. The van der Waals surface area contributed by atoms with E-state index in [1.807, 2.05) is 60.7 Å². The molecule has 0 saturated carbocycles. The fourth-order valence-corrected chi connectivity index (χ4v) is 2.99. The van der Waals surface area contributed by atoms with E-state index in [0.717, 1.165) is 11.1 Å². The Bertz CT molecular complexity index is 897. The maximum Gasteiger partial charge on any atom is 0.407 e. The molecular formula is C23H23NO4. The molecule has 0 heterocycles. The van der Waals surface area contributed by atoms with Gasteiger partial charge in [-0.1, -0.05) is 60.7 Å². The Kier molecular flexibility index (Phi) is 6.52. The van der Waals surface area contributed by atoms with Gasteiger partial charge in [-0.15, -0.1) is 0 Å². The molecule has 0 spiro atoms. The van der Waals surface area contributed by atoms with E-state index in [9.17, 15) is 9.90 Å². The first kappa shape index (κ1) is 19.3. The molecule has 0 saturated heterocycles. The number of carbonyl (C=O) groups is 1. The van der Waals surface area contributed by atoms with Crippen LogP contribution in [0.5, 0.6) is 11.5 Å². The van der Waals surface area contributed by atoms with Gasteiger partial charge in [-0.3, -0.25) is 0 Å². The summed E-state index contributed by atoms with van der Waals surface area (Å²) in [5.74, 6) is 0.537. The van der Waals surface area contributed by atoms with Crippen molar-refractivity contribution in [3.8, 4) is 11.5 Å². The van der Waals surface area contributed by atoms with Gasteiger partial charge in [-0.05, 0) is 29.3 Å². The van der Waals surface area contributed by atoms with E-state index in [1.165, 1.54) is 0 Å². The van der Waals surface area contributed by atoms with Crippen molar-refractivity contribution in [3.63, 3.8) is 0 Å². The largest absolute Gasteiger partial charge is 0.508 e. The van der Waals surface area contributed by atoms with Gasteiger partial charge in [0.15, 0.2) is 0 Å². The second-order valence-electron chi connectivity index (χ2n) is 6.33. The molecule has 28 heavy (non-hydrogen) atoms. The number of hydrogen-bond acceptors (Lipinski definition) is 4. The second-order valence-corrected chi connectivity index (χ2v) is 6.33. The average molecular weight is 377 g/mol. The molecule has 5 nitrogen and oxygen atoms in total.